The first-order valence-corrected chi connectivity index (χ1v) is 9.98. The van der Waals surface area contributed by atoms with Crippen molar-refractivity contribution in [1.82, 2.24) is 19.7 Å². The van der Waals surface area contributed by atoms with Crippen molar-refractivity contribution < 1.29 is 14.0 Å². The Labute approximate surface area is 172 Å². The van der Waals surface area contributed by atoms with Crippen molar-refractivity contribution in [3.63, 3.8) is 0 Å². The molecule has 1 aliphatic carbocycles. The number of aromatic amines is 1. The Morgan fingerprint density at radius 3 is 2.70 bits per heavy atom. The summed E-state index contributed by atoms with van der Waals surface area (Å²) in [4.78, 5) is 20.0. The van der Waals surface area contributed by atoms with E-state index in [0.717, 1.165) is 29.4 Å². The Kier molecular flexibility index (Phi) is 4.54. The first-order chi connectivity index (χ1) is 14.7. The summed E-state index contributed by atoms with van der Waals surface area (Å²) in [6, 6.07) is 11.4. The monoisotopic (exact) mass is 406 g/mol. The number of hydrogen-bond acceptors (Lipinski definition) is 6. The average Bonchev–Trinajstić information content (AvgIpc) is 3.51. The van der Waals surface area contributed by atoms with Gasteiger partial charge in [0.15, 0.2) is 0 Å². The number of benzene rings is 2. The highest BCUT2D eigenvalue weighted by atomic mass is 16.5. The fraction of sp³-hybridized carbons (Fsp3) is 0.318. The predicted octanol–water partition coefficient (Wildman–Crippen LogP) is 4.18. The van der Waals surface area contributed by atoms with Gasteiger partial charge in [-0.1, -0.05) is 18.0 Å². The molecule has 0 saturated heterocycles. The fourth-order valence-electron chi connectivity index (χ4n) is 4.22. The molecule has 8 nitrogen and oxygen atoms in total. The Hall–Kier alpha value is -3.55. The van der Waals surface area contributed by atoms with E-state index in [4.69, 9.17) is 14.0 Å². The third-order valence-electron chi connectivity index (χ3n) is 5.73. The Morgan fingerprint density at radius 1 is 1.10 bits per heavy atom. The SMILES string of the molecule is COc1ccc(-c2nc(-c3ccc4c(c3)[nH]c(=O)n4C3CCCC3)no2)c(OC)c1. The quantitative estimate of drug-likeness (QED) is 0.534. The Balaban J connectivity index is 1.51. The molecule has 1 N–H and O–H groups in total. The summed E-state index contributed by atoms with van der Waals surface area (Å²) in [5.74, 6) is 2.05. The molecule has 0 amide bonds. The average molecular weight is 406 g/mol. The standard InChI is InChI=1S/C22H22N4O4/c1-28-15-8-9-16(19(12-15)29-2)21-24-20(25-30-21)13-7-10-18-17(11-13)23-22(27)26(18)14-5-3-4-6-14/h7-12,14H,3-6H2,1-2H3,(H,23,27). The van der Waals surface area contributed by atoms with Crippen LogP contribution in [0.15, 0.2) is 45.7 Å². The van der Waals surface area contributed by atoms with Crippen molar-refractivity contribution in [3.8, 4) is 34.3 Å². The molecule has 154 valence electrons. The minimum absolute atomic E-state index is 0.0641. The van der Waals surface area contributed by atoms with Crippen LogP contribution in [0.2, 0.25) is 0 Å². The van der Waals surface area contributed by atoms with Crippen molar-refractivity contribution in [3.05, 3.63) is 46.9 Å². The van der Waals surface area contributed by atoms with E-state index in [1.807, 2.05) is 34.9 Å². The van der Waals surface area contributed by atoms with Crippen LogP contribution in [-0.4, -0.2) is 33.9 Å². The lowest BCUT2D eigenvalue weighted by Crippen LogP contribution is -2.20. The number of hydrogen-bond donors (Lipinski definition) is 1. The van der Waals surface area contributed by atoms with Gasteiger partial charge in [-0.2, -0.15) is 4.98 Å². The van der Waals surface area contributed by atoms with E-state index in [2.05, 4.69) is 15.1 Å². The van der Waals surface area contributed by atoms with E-state index < -0.39 is 0 Å². The molecule has 2 heterocycles. The maximum Gasteiger partial charge on any atom is 0.326 e. The molecule has 1 saturated carbocycles. The van der Waals surface area contributed by atoms with Crippen LogP contribution in [0.5, 0.6) is 11.5 Å². The molecule has 1 fully saturated rings. The lowest BCUT2D eigenvalue weighted by molar-refractivity contribution is 0.391. The molecule has 0 unspecified atom stereocenters. The van der Waals surface area contributed by atoms with Crippen molar-refractivity contribution in [2.45, 2.75) is 31.7 Å². The maximum atomic E-state index is 12.5. The van der Waals surface area contributed by atoms with Crippen LogP contribution in [0.3, 0.4) is 0 Å². The summed E-state index contributed by atoms with van der Waals surface area (Å²) in [6.45, 7) is 0. The molecule has 2 aromatic heterocycles. The van der Waals surface area contributed by atoms with Crippen LogP contribution in [-0.2, 0) is 0 Å². The highest BCUT2D eigenvalue weighted by Gasteiger charge is 2.22. The summed E-state index contributed by atoms with van der Waals surface area (Å²) in [5, 5.41) is 4.12. The van der Waals surface area contributed by atoms with Crippen molar-refractivity contribution in [2.75, 3.05) is 14.2 Å². The van der Waals surface area contributed by atoms with Gasteiger partial charge in [0, 0.05) is 17.7 Å². The molecule has 8 heteroatoms. The van der Waals surface area contributed by atoms with Gasteiger partial charge in [0.25, 0.3) is 5.89 Å². The highest BCUT2D eigenvalue weighted by Crippen LogP contribution is 2.34. The molecule has 1 aliphatic rings. The van der Waals surface area contributed by atoms with E-state index in [9.17, 15) is 4.79 Å². The molecule has 2 aromatic carbocycles. The second-order valence-electron chi connectivity index (χ2n) is 7.46. The molecule has 5 rings (SSSR count). The van der Waals surface area contributed by atoms with Crippen molar-refractivity contribution in [2.24, 2.45) is 0 Å². The first kappa shape index (κ1) is 18.5. The van der Waals surface area contributed by atoms with Crippen LogP contribution in [0, 0.1) is 0 Å². The molecular formula is C22H22N4O4. The zero-order chi connectivity index (χ0) is 20.7. The van der Waals surface area contributed by atoms with Gasteiger partial charge in [-0.05, 0) is 43.2 Å². The van der Waals surface area contributed by atoms with Gasteiger partial charge in [0.2, 0.25) is 5.82 Å². The molecule has 0 spiro atoms. The Bertz CT molecular complexity index is 1260. The topological polar surface area (TPSA) is 95.2 Å². The third-order valence-corrected chi connectivity index (χ3v) is 5.73. The van der Waals surface area contributed by atoms with Gasteiger partial charge in [0.05, 0.1) is 30.8 Å². The number of H-pyrrole nitrogens is 1. The number of nitrogens with one attached hydrogen (secondary N) is 1. The van der Waals surface area contributed by atoms with E-state index >= 15 is 0 Å². The molecule has 4 aromatic rings. The van der Waals surface area contributed by atoms with Gasteiger partial charge in [-0.3, -0.25) is 4.57 Å². The minimum Gasteiger partial charge on any atom is -0.497 e. The number of aromatic nitrogens is 4. The van der Waals surface area contributed by atoms with Gasteiger partial charge >= 0.3 is 5.69 Å². The molecule has 0 radical (unpaired) electrons. The highest BCUT2D eigenvalue weighted by molar-refractivity contribution is 5.81. The molecule has 30 heavy (non-hydrogen) atoms. The van der Waals surface area contributed by atoms with Crippen LogP contribution >= 0.6 is 0 Å². The fourth-order valence-corrected chi connectivity index (χ4v) is 4.22. The molecule has 0 bridgehead atoms. The van der Waals surface area contributed by atoms with Crippen molar-refractivity contribution >= 4 is 11.0 Å². The summed E-state index contributed by atoms with van der Waals surface area (Å²) in [6.07, 6.45) is 4.43. The van der Waals surface area contributed by atoms with E-state index in [1.165, 1.54) is 12.8 Å². The number of nitrogens with zero attached hydrogens (tertiary/aromatic N) is 3. The lowest BCUT2D eigenvalue weighted by Gasteiger charge is -2.11. The predicted molar refractivity (Wildman–Crippen MR) is 112 cm³/mol. The molecule has 0 atom stereocenters. The molecular weight excluding hydrogens is 384 g/mol. The van der Waals surface area contributed by atoms with Crippen molar-refractivity contribution in [1.29, 1.82) is 0 Å². The van der Waals surface area contributed by atoms with Crippen LogP contribution < -0.4 is 15.2 Å². The summed E-state index contributed by atoms with van der Waals surface area (Å²) in [5.41, 5.74) is 3.07. The van der Waals surface area contributed by atoms with Gasteiger partial charge < -0.3 is 19.0 Å². The number of fused-ring (bicyclic) bond motifs is 1. The first-order valence-electron chi connectivity index (χ1n) is 9.98. The number of ether oxygens (including phenoxy) is 2. The second-order valence-corrected chi connectivity index (χ2v) is 7.46. The van der Waals surface area contributed by atoms with Gasteiger partial charge in [-0.15, -0.1) is 0 Å². The zero-order valence-corrected chi connectivity index (χ0v) is 16.8. The number of rotatable bonds is 5. The summed E-state index contributed by atoms with van der Waals surface area (Å²) < 4.78 is 18.0. The molecule has 0 aliphatic heterocycles. The van der Waals surface area contributed by atoms with Crippen LogP contribution in [0.4, 0.5) is 0 Å². The number of imidazole rings is 1. The third kappa shape index (κ3) is 3.04. The normalized spacial score (nSPS) is 14.5. The maximum absolute atomic E-state index is 12.5. The van der Waals surface area contributed by atoms with E-state index in [1.54, 1.807) is 20.3 Å². The van der Waals surface area contributed by atoms with E-state index in [-0.39, 0.29) is 11.7 Å². The van der Waals surface area contributed by atoms with E-state index in [0.29, 0.717) is 28.8 Å². The Morgan fingerprint density at radius 2 is 1.93 bits per heavy atom. The zero-order valence-electron chi connectivity index (χ0n) is 16.8. The lowest BCUT2D eigenvalue weighted by atomic mass is 10.1. The van der Waals surface area contributed by atoms with Crippen LogP contribution in [0.1, 0.15) is 31.7 Å². The summed E-state index contributed by atoms with van der Waals surface area (Å²) >= 11 is 0. The minimum atomic E-state index is -0.0641. The van der Waals surface area contributed by atoms with Gasteiger partial charge in [-0.25, -0.2) is 4.79 Å². The van der Waals surface area contributed by atoms with Crippen LogP contribution in [0.25, 0.3) is 33.9 Å². The van der Waals surface area contributed by atoms with Gasteiger partial charge in [0.1, 0.15) is 11.5 Å². The summed E-state index contributed by atoms with van der Waals surface area (Å²) in [7, 11) is 3.18. The largest absolute Gasteiger partial charge is 0.497 e. The smallest absolute Gasteiger partial charge is 0.326 e. The second kappa shape index (κ2) is 7.37. The number of methoxy groups -OCH3 is 2.